The molecule has 0 spiro atoms. The molecule has 0 bridgehead atoms. The molecule has 6 nitrogen and oxygen atoms in total. The Morgan fingerprint density at radius 2 is 2.11 bits per heavy atom. The molecular weight excluding hydrogens is 254 g/mol. The van der Waals surface area contributed by atoms with Crippen LogP contribution in [0.3, 0.4) is 0 Å². The van der Waals surface area contributed by atoms with Gasteiger partial charge in [-0.05, 0) is 26.2 Å². The van der Waals surface area contributed by atoms with Crippen molar-refractivity contribution in [2.75, 3.05) is 32.1 Å². The summed E-state index contributed by atoms with van der Waals surface area (Å²) >= 11 is 0. The average molecular weight is 269 g/mol. The van der Waals surface area contributed by atoms with Gasteiger partial charge in [0.25, 0.3) is 0 Å². The smallest absolute Gasteiger partial charge is 0.316 e. The Balaban J connectivity index is 2.36. The predicted octanol–water partition coefficient (Wildman–Crippen LogP) is 0.745. The van der Waals surface area contributed by atoms with Crippen molar-refractivity contribution in [3.05, 3.63) is 18.2 Å². The van der Waals surface area contributed by atoms with Crippen LogP contribution in [-0.4, -0.2) is 44.7 Å². The van der Waals surface area contributed by atoms with E-state index in [0.717, 1.165) is 0 Å². The number of anilines is 1. The number of rotatable bonds is 4. The molecule has 0 radical (unpaired) electrons. The molecule has 2 aromatic rings. The monoisotopic (exact) mass is 269 g/mol. The van der Waals surface area contributed by atoms with Crippen molar-refractivity contribution < 1.29 is 12.8 Å². The molecule has 0 saturated heterocycles. The minimum Gasteiger partial charge on any atom is -0.428 e. The average Bonchev–Trinajstić information content (AvgIpc) is 2.70. The number of sulfone groups is 1. The fourth-order valence-electron chi connectivity index (χ4n) is 1.44. The molecule has 1 aromatic carbocycles. The van der Waals surface area contributed by atoms with Crippen LogP contribution >= 0.6 is 0 Å². The van der Waals surface area contributed by atoms with Gasteiger partial charge in [-0.25, -0.2) is 8.42 Å². The Morgan fingerprint density at radius 3 is 2.78 bits per heavy atom. The Kier molecular flexibility index (Phi) is 3.27. The second-order valence-electron chi connectivity index (χ2n) is 4.33. The van der Waals surface area contributed by atoms with Crippen LogP contribution in [0.1, 0.15) is 0 Å². The molecule has 1 heterocycles. The third kappa shape index (κ3) is 2.62. The van der Waals surface area contributed by atoms with Crippen molar-refractivity contribution in [1.29, 1.82) is 0 Å². The van der Waals surface area contributed by atoms with Crippen LogP contribution in [0.4, 0.5) is 5.69 Å². The Morgan fingerprint density at radius 1 is 1.39 bits per heavy atom. The summed E-state index contributed by atoms with van der Waals surface area (Å²) in [4.78, 5) is 5.76. The second kappa shape index (κ2) is 4.58. The lowest BCUT2D eigenvalue weighted by Crippen LogP contribution is -2.22. The van der Waals surface area contributed by atoms with E-state index in [4.69, 9.17) is 10.2 Å². The van der Waals surface area contributed by atoms with Crippen LogP contribution in [0.2, 0.25) is 0 Å². The van der Waals surface area contributed by atoms with Gasteiger partial charge >= 0.3 is 5.22 Å². The minimum atomic E-state index is -3.49. The highest BCUT2D eigenvalue weighted by Gasteiger charge is 2.21. The van der Waals surface area contributed by atoms with E-state index >= 15 is 0 Å². The molecule has 2 N–H and O–H groups in total. The quantitative estimate of drug-likeness (QED) is 0.824. The van der Waals surface area contributed by atoms with Gasteiger partial charge in [0.1, 0.15) is 5.52 Å². The lowest BCUT2D eigenvalue weighted by molar-refractivity contribution is 0.422. The van der Waals surface area contributed by atoms with Gasteiger partial charge in [-0.2, -0.15) is 4.98 Å². The van der Waals surface area contributed by atoms with E-state index in [1.807, 2.05) is 14.1 Å². The number of hydrogen-bond donors (Lipinski definition) is 1. The highest BCUT2D eigenvalue weighted by molar-refractivity contribution is 7.91. The molecule has 2 rings (SSSR count). The Bertz CT molecular complexity index is 661. The van der Waals surface area contributed by atoms with Gasteiger partial charge in [-0.3, -0.25) is 0 Å². The van der Waals surface area contributed by atoms with Gasteiger partial charge < -0.3 is 15.1 Å². The summed E-state index contributed by atoms with van der Waals surface area (Å²) in [7, 11) is 0.125. The zero-order chi connectivity index (χ0) is 13.3. The predicted molar refractivity (Wildman–Crippen MR) is 69.0 cm³/mol. The van der Waals surface area contributed by atoms with Crippen molar-refractivity contribution in [3.8, 4) is 0 Å². The van der Waals surface area contributed by atoms with Gasteiger partial charge in [-0.15, -0.1) is 0 Å². The summed E-state index contributed by atoms with van der Waals surface area (Å²) < 4.78 is 29.2. The molecule has 0 fully saturated rings. The standard InChI is InChI=1S/C11H15N3O3S/c1-14(2)5-6-18(15,16)11-13-9-4-3-8(12)7-10(9)17-11/h3-4,7H,5-6,12H2,1-2H3. The molecule has 0 unspecified atom stereocenters. The van der Waals surface area contributed by atoms with E-state index in [1.54, 1.807) is 23.1 Å². The molecule has 0 aliphatic heterocycles. The lowest BCUT2D eigenvalue weighted by atomic mass is 10.3. The van der Waals surface area contributed by atoms with Crippen LogP contribution in [0.5, 0.6) is 0 Å². The molecule has 18 heavy (non-hydrogen) atoms. The maximum atomic E-state index is 12.0. The first kappa shape index (κ1) is 12.8. The van der Waals surface area contributed by atoms with Crippen molar-refractivity contribution in [3.63, 3.8) is 0 Å². The first-order chi connectivity index (χ1) is 8.38. The number of aromatic nitrogens is 1. The summed E-state index contributed by atoms with van der Waals surface area (Å²) in [6, 6.07) is 4.85. The van der Waals surface area contributed by atoms with Crippen LogP contribution in [-0.2, 0) is 9.84 Å². The van der Waals surface area contributed by atoms with Crippen LogP contribution < -0.4 is 5.73 Å². The third-order valence-corrected chi connectivity index (χ3v) is 3.89. The molecule has 0 amide bonds. The fourth-order valence-corrected chi connectivity index (χ4v) is 2.68. The summed E-state index contributed by atoms with van der Waals surface area (Å²) in [5, 5.41) is -0.245. The summed E-state index contributed by atoms with van der Waals surface area (Å²) in [6.45, 7) is 0.420. The lowest BCUT2D eigenvalue weighted by Gasteiger charge is -2.07. The molecular formula is C11H15N3O3S. The van der Waals surface area contributed by atoms with Crippen molar-refractivity contribution >= 4 is 26.6 Å². The van der Waals surface area contributed by atoms with Crippen LogP contribution in [0, 0.1) is 0 Å². The number of nitrogen functional groups attached to an aromatic ring is 1. The normalized spacial score (nSPS) is 12.4. The fraction of sp³-hybridized carbons (Fsp3) is 0.364. The first-order valence-corrected chi connectivity index (χ1v) is 7.07. The molecule has 0 saturated carbocycles. The summed E-state index contributed by atoms with van der Waals surface area (Å²) in [5.41, 5.74) is 6.99. The van der Waals surface area contributed by atoms with E-state index in [1.165, 1.54) is 0 Å². The molecule has 0 aliphatic rings. The van der Waals surface area contributed by atoms with Crippen LogP contribution in [0.15, 0.2) is 27.8 Å². The molecule has 1 aromatic heterocycles. The van der Waals surface area contributed by atoms with Gasteiger partial charge in [0, 0.05) is 18.3 Å². The van der Waals surface area contributed by atoms with E-state index in [2.05, 4.69) is 4.98 Å². The zero-order valence-electron chi connectivity index (χ0n) is 10.3. The summed E-state index contributed by atoms with van der Waals surface area (Å²) in [6.07, 6.45) is 0. The number of benzene rings is 1. The molecule has 0 aliphatic carbocycles. The van der Waals surface area contributed by atoms with E-state index < -0.39 is 9.84 Å². The van der Waals surface area contributed by atoms with E-state index in [9.17, 15) is 8.42 Å². The zero-order valence-corrected chi connectivity index (χ0v) is 11.1. The molecule has 0 atom stereocenters. The highest BCUT2D eigenvalue weighted by atomic mass is 32.2. The van der Waals surface area contributed by atoms with Crippen molar-refractivity contribution in [2.24, 2.45) is 0 Å². The Labute approximate surface area is 105 Å². The summed E-state index contributed by atoms with van der Waals surface area (Å²) in [5.74, 6) is -0.0255. The van der Waals surface area contributed by atoms with Crippen LogP contribution in [0.25, 0.3) is 11.1 Å². The van der Waals surface area contributed by atoms with Gasteiger partial charge in [0.2, 0.25) is 9.84 Å². The maximum Gasteiger partial charge on any atom is 0.316 e. The number of oxazole rings is 1. The Hall–Kier alpha value is -1.60. The maximum absolute atomic E-state index is 12.0. The first-order valence-electron chi connectivity index (χ1n) is 5.42. The van der Waals surface area contributed by atoms with Gasteiger partial charge in [0.15, 0.2) is 5.58 Å². The highest BCUT2D eigenvalue weighted by Crippen LogP contribution is 2.21. The number of nitrogens with zero attached hydrogens (tertiary/aromatic N) is 2. The topological polar surface area (TPSA) is 89.4 Å². The number of hydrogen-bond acceptors (Lipinski definition) is 6. The van der Waals surface area contributed by atoms with Crippen molar-refractivity contribution in [2.45, 2.75) is 5.22 Å². The van der Waals surface area contributed by atoms with Crippen molar-refractivity contribution in [1.82, 2.24) is 9.88 Å². The number of fused-ring (bicyclic) bond motifs is 1. The minimum absolute atomic E-state index is 0.0255. The molecule has 98 valence electrons. The number of nitrogens with two attached hydrogens (primary N) is 1. The SMILES string of the molecule is CN(C)CCS(=O)(=O)c1nc2ccc(N)cc2o1. The van der Waals surface area contributed by atoms with Gasteiger partial charge in [-0.1, -0.05) is 0 Å². The van der Waals surface area contributed by atoms with E-state index in [-0.39, 0.29) is 11.0 Å². The molecule has 7 heteroatoms. The second-order valence-corrected chi connectivity index (χ2v) is 6.32. The van der Waals surface area contributed by atoms with Gasteiger partial charge in [0.05, 0.1) is 5.75 Å². The third-order valence-electron chi connectivity index (χ3n) is 2.47. The largest absolute Gasteiger partial charge is 0.428 e. The van der Waals surface area contributed by atoms with E-state index in [0.29, 0.717) is 23.3 Å².